The van der Waals surface area contributed by atoms with Gasteiger partial charge >= 0.3 is 0 Å². The number of hydrogen-bond acceptors (Lipinski definition) is 4. The second kappa shape index (κ2) is 7.69. The normalized spacial score (nSPS) is 21.0. The highest BCUT2D eigenvalue weighted by molar-refractivity contribution is 5.32. The number of hydrogen-bond donors (Lipinski definition) is 0. The maximum absolute atomic E-state index is 5.73. The van der Waals surface area contributed by atoms with Gasteiger partial charge in [0.05, 0.1) is 14.2 Å². The van der Waals surface area contributed by atoms with Crippen LogP contribution in [-0.2, 0) is 9.78 Å². The Bertz CT molecular complexity index is 580. The highest BCUT2D eigenvalue weighted by Crippen LogP contribution is 2.47. The standard InChI is InChI=1S/C20H24O4/c1-4-5-18-19(14-6-10-16(21-2)11-7-14)23-24-20(18)15-8-12-17(22-3)13-9-15/h6-13,18-20H,4-5H2,1-3H3/t19-,20-/m0/s1. The van der Waals surface area contributed by atoms with E-state index < -0.39 is 0 Å². The molecule has 1 fully saturated rings. The Labute approximate surface area is 143 Å². The minimum atomic E-state index is -0.0667. The van der Waals surface area contributed by atoms with Gasteiger partial charge in [0.2, 0.25) is 0 Å². The fourth-order valence-corrected chi connectivity index (χ4v) is 3.25. The first kappa shape index (κ1) is 16.8. The molecule has 4 nitrogen and oxygen atoms in total. The summed E-state index contributed by atoms with van der Waals surface area (Å²) in [5.41, 5.74) is 2.23. The third-order valence-corrected chi connectivity index (χ3v) is 4.55. The van der Waals surface area contributed by atoms with Gasteiger partial charge < -0.3 is 9.47 Å². The zero-order chi connectivity index (χ0) is 16.9. The van der Waals surface area contributed by atoms with Gasteiger partial charge in [0, 0.05) is 5.92 Å². The molecule has 0 aliphatic carbocycles. The van der Waals surface area contributed by atoms with Crippen LogP contribution in [0.4, 0.5) is 0 Å². The fourth-order valence-electron chi connectivity index (χ4n) is 3.25. The van der Waals surface area contributed by atoms with Crippen molar-refractivity contribution in [2.24, 2.45) is 5.92 Å². The molecule has 2 atom stereocenters. The van der Waals surface area contributed by atoms with Gasteiger partial charge in [-0.05, 0) is 41.8 Å². The van der Waals surface area contributed by atoms with E-state index in [1.165, 1.54) is 0 Å². The summed E-state index contributed by atoms with van der Waals surface area (Å²) in [6, 6.07) is 16.0. The molecular weight excluding hydrogens is 304 g/mol. The van der Waals surface area contributed by atoms with Crippen molar-refractivity contribution in [2.45, 2.75) is 32.0 Å². The molecule has 0 radical (unpaired) electrons. The van der Waals surface area contributed by atoms with Gasteiger partial charge in [0.25, 0.3) is 0 Å². The lowest BCUT2D eigenvalue weighted by Crippen LogP contribution is -2.13. The first-order valence-electron chi connectivity index (χ1n) is 8.36. The van der Waals surface area contributed by atoms with Gasteiger partial charge in [-0.3, -0.25) is 0 Å². The van der Waals surface area contributed by atoms with Crippen LogP contribution in [0, 0.1) is 5.92 Å². The fraction of sp³-hybridized carbons (Fsp3) is 0.400. The van der Waals surface area contributed by atoms with Gasteiger partial charge in [-0.25, -0.2) is 9.78 Å². The molecule has 0 unspecified atom stereocenters. The molecule has 0 saturated carbocycles. The molecule has 0 aromatic heterocycles. The van der Waals surface area contributed by atoms with Crippen LogP contribution in [0.3, 0.4) is 0 Å². The van der Waals surface area contributed by atoms with Gasteiger partial charge in [0.15, 0.2) is 0 Å². The highest BCUT2D eigenvalue weighted by Gasteiger charge is 2.40. The Morgan fingerprint density at radius 3 is 1.50 bits per heavy atom. The average molecular weight is 328 g/mol. The molecule has 0 N–H and O–H groups in total. The number of benzene rings is 2. The predicted molar refractivity (Wildman–Crippen MR) is 92.0 cm³/mol. The summed E-state index contributed by atoms with van der Waals surface area (Å²) >= 11 is 0. The molecular formula is C20H24O4. The van der Waals surface area contributed by atoms with Gasteiger partial charge in [-0.1, -0.05) is 37.6 Å². The van der Waals surface area contributed by atoms with Crippen molar-refractivity contribution in [2.75, 3.05) is 14.2 Å². The molecule has 1 aliphatic rings. The molecule has 4 heteroatoms. The third kappa shape index (κ3) is 3.40. The lowest BCUT2D eigenvalue weighted by Gasteiger charge is -2.20. The highest BCUT2D eigenvalue weighted by atomic mass is 17.2. The summed E-state index contributed by atoms with van der Waals surface area (Å²) in [5, 5.41) is 0. The smallest absolute Gasteiger partial charge is 0.124 e. The first-order chi connectivity index (χ1) is 11.8. The second-order valence-corrected chi connectivity index (χ2v) is 6.03. The number of methoxy groups -OCH3 is 2. The van der Waals surface area contributed by atoms with Crippen molar-refractivity contribution in [3.8, 4) is 11.5 Å². The Hall–Kier alpha value is -2.04. The Morgan fingerprint density at radius 2 is 1.17 bits per heavy atom. The topological polar surface area (TPSA) is 36.9 Å². The number of ether oxygens (including phenoxy) is 2. The maximum atomic E-state index is 5.73. The zero-order valence-corrected chi connectivity index (χ0v) is 14.4. The summed E-state index contributed by atoms with van der Waals surface area (Å²) in [6.07, 6.45) is 1.98. The summed E-state index contributed by atoms with van der Waals surface area (Å²) in [5.74, 6) is 1.96. The largest absolute Gasteiger partial charge is 0.497 e. The Kier molecular flexibility index (Phi) is 5.38. The van der Waals surface area contributed by atoms with Gasteiger partial charge in [-0.15, -0.1) is 0 Å². The van der Waals surface area contributed by atoms with Gasteiger partial charge in [0.1, 0.15) is 23.7 Å². The van der Waals surface area contributed by atoms with E-state index in [1.54, 1.807) is 14.2 Å². The molecule has 3 rings (SSSR count). The summed E-state index contributed by atoms with van der Waals surface area (Å²) in [7, 11) is 3.34. The van der Waals surface area contributed by atoms with Crippen molar-refractivity contribution in [1.82, 2.24) is 0 Å². The lowest BCUT2D eigenvalue weighted by molar-refractivity contribution is -0.300. The van der Waals surface area contributed by atoms with Crippen LogP contribution in [0.25, 0.3) is 0 Å². The predicted octanol–water partition coefficient (Wildman–Crippen LogP) is 4.86. The van der Waals surface area contributed by atoms with E-state index in [1.807, 2.05) is 48.5 Å². The molecule has 1 saturated heterocycles. The van der Waals surface area contributed by atoms with Crippen LogP contribution >= 0.6 is 0 Å². The zero-order valence-electron chi connectivity index (χ0n) is 14.4. The van der Waals surface area contributed by atoms with Crippen molar-refractivity contribution < 1.29 is 19.2 Å². The molecule has 0 spiro atoms. The molecule has 2 aromatic rings. The minimum Gasteiger partial charge on any atom is -0.497 e. The van der Waals surface area contributed by atoms with E-state index >= 15 is 0 Å². The van der Waals surface area contributed by atoms with Crippen LogP contribution < -0.4 is 9.47 Å². The molecule has 24 heavy (non-hydrogen) atoms. The van der Waals surface area contributed by atoms with Crippen LogP contribution in [0.1, 0.15) is 43.1 Å². The quantitative estimate of drug-likeness (QED) is 0.709. The maximum Gasteiger partial charge on any atom is 0.124 e. The summed E-state index contributed by atoms with van der Waals surface area (Å²) in [4.78, 5) is 11.5. The van der Waals surface area contributed by atoms with Crippen LogP contribution in [0.5, 0.6) is 11.5 Å². The van der Waals surface area contributed by atoms with E-state index in [-0.39, 0.29) is 18.1 Å². The van der Waals surface area contributed by atoms with E-state index in [9.17, 15) is 0 Å². The molecule has 2 aromatic carbocycles. The van der Waals surface area contributed by atoms with Crippen LogP contribution in [0.15, 0.2) is 48.5 Å². The molecule has 128 valence electrons. The molecule has 1 heterocycles. The summed E-state index contributed by atoms with van der Waals surface area (Å²) < 4.78 is 10.5. The summed E-state index contributed by atoms with van der Waals surface area (Å²) in [6.45, 7) is 2.19. The van der Waals surface area contributed by atoms with Crippen molar-refractivity contribution in [3.05, 3.63) is 59.7 Å². The van der Waals surface area contributed by atoms with Crippen LogP contribution in [0.2, 0.25) is 0 Å². The third-order valence-electron chi connectivity index (χ3n) is 4.55. The van der Waals surface area contributed by atoms with Crippen molar-refractivity contribution in [3.63, 3.8) is 0 Å². The molecule has 0 amide bonds. The Balaban J connectivity index is 1.83. The number of rotatable bonds is 6. The lowest BCUT2D eigenvalue weighted by atomic mass is 9.85. The van der Waals surface area contributed by atoms with E-state index in [4.69, 9.17) is 19.2 Å². The van der Waals surface area contributed by atoms with E-state index in [2.05, 4.69) is 6.92 Å². The van der Waals surface area contributed by atoms with Crippen LogP contribution in [-0.4, -0.2) is 14.2 Å². The minimum absolute atomic E-state index is 0.0667. The van der Waals surface area contributed by atoms with E-state index in [0.29, 0.717) is 0 Å². The van der Waals surface area contributed by atoms with E-state index in [0.717, 1.165) is 35.5 Å². The van der Waals surface area contributed by atoms with Crippen molar-refractivity contribution >= 4 is 0 Å². The van der Waals surface area contributed by atoms with Gasteiger partial charge in [-0.2, -0.15) is 0 Å². The SMILES string of the molecule is CCCC1[C@H](c2ccc(OC)cc2)OO[C@H]1c1ccc(OC)cc1. The monoisotopic (exact) mass is 328 g/mol. The second-order valence-electron chi connectivity index (χ2n) is 6.03. The first-order valence-corrected chi connectivity index (χ1v) is 8.36. The average Bonchev–Trinajstić information content (AvgIpc) is 3.06. The van der Waals surface area contributed by atoms with Crippen molar-refractivity contribution in [1.29, 1.82) is 0 Å². The Morgan fingerprint density at radius 1 is 0.750 bits per heavy atom. The molecule has 0 bridgehead atoms. The molecule has 1 aliphatic heterocycles.